The van der Waals surface area contributed by atoms with Crippen LogP contribution in [0, 0.1) is 11.3 Å². The second-order valence-electron chi connectivity index (χ2n) is 5.78. The molecule has 20 heavy (non-hydrogen) atoms. The maximum Gasteiger partial charge on any atom is 0.126 e. The van der Waals surface area contributed by atoms with Crippen LogP contribution >= 0.6 is 15.9 Å². The van der Waals surface area contributed by atoms with Crippen molar-refractivity contribution in [3.63, 3.8) is 0 Å². The van der Waals surface area contributed by atoms with Crippen molar-refractivity contribution >= 4 is 27.5 Å². The molecule has 4 nitrogen and oxygen atoms in total. The van der Waals surface area contributed by atoms with Gasteiger partial charge < -0.3 is 10.6 Å². The molecule has 0 amide bonds. The van der Waals surface area contributed by atoms with Gasteiger partial charge in [-0.15, -0.1) is 0 Å². The lowest BCUT2D eigenvalue weighted by atomic mass is 10.1. The van der Waals surface area contributed by atoms with Gasteiger partial charge in [-0.05, 0) is 46.8 Å². The molecule has 1 aromatic rings. The molecule has 0 aromatic heterocycles. The van der Waals surface area contributed by atoms with Crippen molar-refractivity contribution in [1.82, 2.24) is 4.90 Å². The molecule has 1 saturated carbocycles. The maximum absolute atomic E-state index is 7.79. The molecule has 0 spiro atoms. The van der Waals surface area contributed by atoms with Crippen molar-refractivity contribution in [2.24, 2.45) is 11.7 Å². The van der Waals surface area contributed by atoms with E-state index in [9.17, 15) is 0 Å². The van der Waals surface area contributed by atoms with E-state index in [1.165, 1.54) is 19.4 Å². The minimum absolute atomic E-state index is 0.132. The fourth-order valence-corrected chi connectivity index (χ4v) is 3.45. The van der Waals surface area contributed by atoms with E-state index in [1.54, 1.807) is 0 Å². The fraction of sp³-hybridized carbons (Fsp3) is 0.533. The summed E-state index contributed by atoms with van der Waals surface area (Å²) in [6.07, 6.45) is 2.83. The Labute approximate surface area is 128 Å². The third-order valence-corrected chi connectivity index (χ3v) is 4.85. The topological polar surface area (TPSA) is 56.4 Å². The van der Waals surface area contributed by atoms with Crippen LogP contribution in [0.15, 0.2) is 22.7 Å². The van der Waals surface area contributed by atoms with E-state index in [-0.39, 0.29) is 5.84 Å². The fourth-order valence-electron chi connectivity index (χ4n) is 2.88. The molecule has 3 rings (SSSR count). The lowest BCUT2D eigenvalue weighted by Crippen LogP contribution is -2.47. The summed E-state index contributed by atoms with van der Waals surface area (Å²) in [6, 6.07) is 6.03. The number of nitrogens with zero attached hydrogens (tertiary/aromatic N) is 2. The lowest BCUT2D eigenvalue weighted by Gasteiger charge is -2.37. The SMILES string of the molecule is N=C(N)c1c(Br)cccc1N1CCN(CC2CC2)CC1. The molecule has 5 heteroatoms. The number of nitrogens with one attached hydrogen (secondary N) is 1. The first kappa shape index (κ1) is 13.9. The van der Waals surface area contributed by atoms with Crippen LogP contribution in [0.2, 0.25) is 0 Å². The van der Waals surface area contributed by atoms with E-state index in [2.05, 4.69) is 31.8 Å². The van der Waals surface area contributed by atoms with Gasteiger partial charge in [0.15, 0.2) is 0 Å². The quantitative estimate of drug-likeness (QED) is 0.655. The molecule has 0 radical (unpaired) electrons. The molecule has 2 aliphatic rings. The van der Waals surface area contributed by atoms with Crippen LogP contribution in [-0.4, -0.2) is 43.5 Å². The summed E-state index contributed by atoms with van der Waals surface area (Å²) in [5.74, 6) is 1.09. The number of amidine groups is 1. The van der Waals surface area contributed by atoms with Crippen molar-refractivity contribution in [2.75, 3.05) is 37.6 Å². The summed E-state index contributed by atoms with van der Waals surface area (Å²) >= 11 is 3.51. The van der Waals surface area contributed by atoms with Crippen molar-refractivity contribution < 1.29 is 0 Å². The first-order valence-electron chi connectivity index (χ1n) is 7.25. The highest BCUT2D eigenvalue weighted by atomic mass is 79.9. The molecule has 3 N–H and O–H groups in total. The molecule has 0 unspecified atom stereocenters. The van der Waals surface area contributed by atoms with Crippen LogP contribution < -0.4 is 10.6 Å². The number of halogens is 1. The Balaban J connectivity index is 1.71. The van der Waals surface area contributed by atoms with Crippen LogP contribution in [-0.2, 0) is 0 Å². The van der Waals surface area contributed by atoms with Crippen molar-refractivity contribution in [1.29, 1.82) is 5.41 Å². The Bertz CT molecular complexity index is 505. The number of nitrogens with two attached hydrogens (primary N) is 1. The smallest absolute Gasteiger partial charge is 0.126 e. The highest BCUT2D eigenvalue weighted by molar-refractivity contribution is 9.10. The monoisotopic (exact) mass is 336 g/mol. The maximum atomic E-state index is 7.79. The number of nitrogen functional groups attached to an aromatic ring is 1. The predicted octanol–water partition coefficient (Wildman–Crippen LogP) is 2.27. The van der Waals surface area contributed by atoms with Crippen LogP contribution in [0.3, 0.4) is 0 Å². The van der Waals surface area contributed by atoms with E-state index >= 15 is 0 Å². The van der Waals surface area contributed by atoms with Crippen LogP contribution in [0.25, 0.3) is 0 Å². The van der Waals surface area contributed by atoms with Gasteiger partial charge in [-0.25, -0.2) is 0 Å². The highest BCUT2D eigenvalue weighted by Gasteiger charge is 2.27. The average Bonchev–Trinajstić information content (AvgIpc) is 3.23. The number of anilines is 1. The second kappa shape index (κ2) is 5.74. The zero-order valence-electron chi connectivity index (χ0n) is 11.6. The van der Waals surface area contributed by atoms with E-state index in [4.69, 9.17) is 11.1 Å². The Morgan fingerprint density at radius 3 is 2.55 bits per heavy atom. The van der Waals surface area contributed by atoms with Gasteiger partial charge in [0.2, 0.25) is 0 Å². The molecular weight excluding hydrogens is 316 g/mol. The predicted molar refractivity (Wildman–Crippen MR) is 86.5 cm³/mol. The minimum Gasteiger partial charge on any atom is -0.384 e. The molecule has 108 valence electrons. The van der Waals surface area contributed by atoms with Crippen LogP contribution in [0.4, 0.5) is 5.69 Å². The summed E-state index contributed by atoms with van der Waals surface area (Å²) in [6.45, 7) is 5.53. The van der Waals surface area contributed by atoms with E-state index in [0.717, 1.165) is 47.8 Å². The Morgan fingerprint density at radius 1 is 1.25 bits per heavy atom. The van der Waals surface area contributed by atoms with E-state index in [1.807, 2.05) is 12.1 Å². The zero-order chi connectivity index (χ0) is 14.1. The molecule has 1 aliphatic heterocycles. The van der Waals surface area contributed by atoms with E-state index < -0.39 is 0 Å². The zero-order valence-corrected chi connectivity index (χ0v) is 13.2. The molecule has 1 aliphatic carbocycles. The molecule has 0 bridgehead atoms. The normalized spacial score (nSPS) is 20.1. The number of hydrogen-bond acceptors (Lipinski definition) is 3. The van der Waals surface area contributed by atoms with Crippen molar-refractivity contribution in [2.45, 2.75) is 12.8 Å². The Hall–Kier alpha value is -1.07. The number of piperazine rings is 1. The molecule has 1 saturated heterocycles. The van der Waals surface area contributed by atoms with E-state index in [0.29, 0.717) is 0 Å². The van der Waals surface area contributed by atoms with Crippen molar-refractivity contribution in [3.8, 4) is 0 Å². The van der Waals surface area contributed by atoms with Gasteiger partial charge in [-0.2, -0.15) is 0 Å². The first-order chi connectivity index (χ1) is 9.65. The standard InChI is InChI=1S/C15H21BrN4/c16-12-2-1-3-13(14(12)15(17)18)20-8-6-19(7-9-20)10-11-4-5-11/h1-3,11H,4-10H2,(H3,17,18). The third-order valence-electron chi connectivity index (χ3n) is 4.19. The van der Waals surface area contributed by atoms with Crippen LogP contribution in [0.5, 0.6) is 0 Å². The average molecular weight is 337 g/mol. The summed E-state index contributed by atoms with van der Waals surface area (Å²) in [4.78, 5) is 4.92. The Morgan fingerprint density at radius 2 is 1.95 bits per heavy atom. The summed E-state index contributed by atoms with van der Waals surface area (Å²) in [7, 11) is 0. The van der Waals surface area contributed by atoms with Gasteiger partial charge in [-0.3, -0.25) is 10.3 Å². The summed E-state index contributed by atoms with van der Waals surface area (Å²) in [5.41, 5.74) is 7.64. The highest BCUT2D eigenvalue weighted by Crippen LogP contribution is 2.31. The largest absolute Gasteiger partial charge is 0.384 e. The summed E-state index contributed by atoms with van der Waals surface area (Å²) in [5, 5.41) is 7.79. The summed E-state index contributed by atoms with van der Waals surface area (Å²) < 4.78 is 0.905. The third kappa shape index (κ3) is 2.99. The lowest BCUT2D eigenvalue weighted by molar-refractivity contribution is 0.248. The molecular formula is C15H21BrN4. The van der Waals surface area contributed by atoms with Crippen molar-refractivity contribution in [3.05, 3.63) is 28.2 Å². The molecule has 2 fully saturated rings. The van der Waals surface area contributed by atoms with Crippen LogP contribution in [0.1, 0.15) is 18.4 Å². The van der Waals surface area contributed by atoms with Gasteiger partial charge in [0, 0.05) is 42.9 Å². The molecule has 1 heterocycles. The first-order valence-corrected chi connectivity index (χ1v) is 8.04. The van der Waals surface area contributed by atoms with Gasteiger partial charge in [0.1, 0.15) is 5.84 Å². The second-order valence-corrected chi connectivity index (χ2v) is 6.63. The van der Waals surface area contributed by atoms with Gasteiger partial charge in [0.25, 0.3) is 0 Å². The Kier molecular flexibility index (Phi) is 3.98. The minimum atomic E-state index is 0.132. The number of benzene rings is 1. The number of rotatable bonds is 4. The van der Waals surface area contributed by atoms with Gasteiger partial charge in [0.05, 0.1) is 5.56 Å². The molecule has 0 atom stereocenters. The van der Waals surface area contributed by atoms with Gasteiger partial charge >= 0.3 is 0 Å². The van der Waals surface area contributed by atoms with Gasteiger partial charge in [-0.1, -0.05) is 6.07 Å². The number of hydrogen-bond donors (Lipinski definition) is 2. The molecule has 1 aromatic carbocycles.